The van der Waals surface area contributed by atoms with Crippen molar-refractivity contribution in [1.29, 1.82) is 0 Å². The van der Waals surface area contributed by atoms with E-state index in [0.717, 1.165) is 27.2 Å². The fourth-order valence-corrected chi connectivity index (χ4v) is 3.80. The molecule has 1 N–H and O–H groups in total. The van der Waals surface area contributed by atoms with Crippen molar-refractivity contribution in [2.45, 2.75) is 42.8 Å². The van der Waals surface area contributed by atoms with E-state index in [1.165, 1.54) is 5.56 Å². The Morgan fingerprint density at radius 3 is 3.05 bits per heavy atom. The molecule has 0 fully saturated rings. The van der Waals surface area contributed by atoms with Crippen molar-refractivity contribution in [2.24, 2.45) is 0 Å². The number of nitrogens with one attached hydrogen (secondary N) is 1. The molecule has 0 saturated heterocycles. The highest BCUT2D eigenvalue weighted by molar-refractivity contribution is 8.00. The van der Waals surface area contributed by atoms with Gasteiger partial charge >= 0.3 is 0 Å². The number of thioether (sulfide) groups is 1. The molecule has 22 heavy (non-hydrogen) atoms. The van der Waals surface area contributed by atoms with Gasteiger partial charge < -0.3 is 5.32 Å². The zero-order valence-corrected chi connectivity index (χ0v) is 15.0. The Balaban J connectivity index is 1.85. The number of hydrogen-bond acceptors (Lipinski definition) is 4. The fraction of sp³-hybridized carbons (Fsp3) is 0.375. The maximum Gasteiger partial charge on any atom is 0.226 e. The SMILES string of the molecule is CCC(C)NC(=O)Cc1csc(SCc2cccc(Cl)c2)n1. The lowest BCUT2D eigenvalue weighted by molar-refractivity contribution is -0.121. The van der Waals surface area contributed by atoms with Gasteiger partial charge in [-0.1, -0.05) is 42.4 Å². The molecule has 0 radical (unpaired) electrons. The maximum atomic E-state index is 11.8. The summed E-state index contributed by atoms with van der Waals surface area (Å²) < 4.78 is 0.978. The third-order valence-corrected chi connectivity index (χ3v) is 5.52. The fourth-order valence-electron chi connectivity index (χ4n) is 1.80. The minimum absolute atomic E-state index is 0.0334. The topological polar surface area (TPSA) is 42.0 Å². The van der Waals surface area contributed by atoms with Gasteiger partial charge in [0, 0.05) is 22.2 Å². The number of benzene rings is 1. The van der Waals surface area contributed by atoms with Gasteiger partial charge in [0.15, 0.2) is 0 Å². The normalized spacial score (nSPS) is 12.1. The van der Waals surface area contributed by atoms with Gasteiger partial charge in [-0.25, -0.2) is 4.98 Å². The summed E-state index contributed by atoms with van der Waals surface area (Å²) in [6.07, 6.45) is 1.28. The third kappa shape index (κ3) is 5.63. The molecule has 0 aliphatic carbocycles. The van der Waals surface area contributed by atoms with Crippen molar-refractivity contribution in [3.05, 3.63) is 45.9 Å². The van der Waals surface area contributed by atoms with Crippen molar-refractivity contribution in [1.82, 2.24) is 10.3 Å². The molecule has 118 valence electrons. The molecule has 2 aromatic rings. The zero-order valence-electron chi connectivity index (χ0n) is 12.6. The highest BCUT2D eigenvalue weighted by atomic mass is 35.5. The monoisotopic (exact) mass is 354 g/mol. The van der Waals surface area contributed by atoms with E-state index in [4.69, 9.17) is 11.6 Å². The maximum absolute atomic E-state index is 11.8. The summed E-state index contributed by atoms with van der Waals surface area (Å²) in [7, 11) is 0. The Morgan fingerprint density at radius 2 is 2.32 bits per heavy atom. The molecule has 1 aromatic heterocycles. The quantitative estimate of drug-likeness (QED) is 0.742. The summed E-state index contributed by atoms with van der Waals surface area (Å²) >= 11 is 9.22. The van der Waals surface area contributed by atoms with Crippen molar-refractivity contribution in [3.63, 3.8) is 0 Å². The van der Waals surface area contributed by atoms with Crippen LogP contribution < -0.4 is 5.32 Å². The second-order valence-electron chi connectivity index (χ2n) is 5.08. The average Bonchev–Trinajstić information content (AvgIpc) is 2.92. The minimum Gasteiger partial charge on any atom is -0.353 e. The van der Waals surface area contributed by atoms with Crippen LogP contribution in [0.4, 0.5) is 0 Å². The van der Waals surface area contributed by atoms with Crippen LogP contribution in [0.3, 0.4) is 0 Å². The standard InChI is InChI=1S/C16H19ClN2OS2/c1-3-11(2)18-15(20)8-14-10-22-16(19-14)21-9-12-5-4-6-13(17)7-12/h4-7,10-11H,3,8-9H2,1-2H3,(H,18,20). The molecular formula is C16H19ClN2OS2. The van der Waals surface area contributed by atoms with Crippen LogP contribution in [0, 0.1) is 0 Å². The highest BCUT2D eigenvalue weighted by Crippen LogP contribution is 2.27. The number of rotatable bonds is 7. The predicted octanol–water partition coefficient (Wildman–Crippen LogP) is 4.55. The highest BCUT2D eigenvalue weighted by Gasteiger charge is 2.10. The number of thiazole rings is 1. The van der Waals surface area contributed by atoms with E-state index in [2.05, 4.69) is 17.2 Å². The molecule has 1 atom stereocenters. The van der Waals surface area contributed by atoms with Crippen LogP contribution in [0.15, 0.2) is 34.0 Å². The van der Waals surface area contributed by atoms with Crippen molar-refractivity contribution in [3.8, 4) is 0 Å². The predicted molar refractivity (Wildman–Crippen MR) is 94.7 cm³/mol. The second-order valence-corrected chi connectivity index (χ2v) is 7.59. The van der Waals surface area contributed by atoms with E-state index in [0.29, 0.717) is 6.42 Å². The zero-order chi connectivity index (χ0) is 15.9. The Bertz CT molecular complexity index is 630. The first-order valence-electron chi connectivity index (χ1n) is 7.18. The van der Waals surface area contributed by atoms with E-state index in [1.54, 1.807) is 23.1 Å². The van der Waals surface area contributed by atoms with E-state index >= 15 is 0 Å². The van der Waals surface area contributed by atoms with E-state index in [9.17, 15) is 4.79 Å². The van der Waals surface area contributed by atoms with Gasteiger partial charge in [0.2, 0.25) is 5.91 Å². The average molecular weight is 355 g/mol. The van der Waals surface area contributed by atoms with Gasteiger partial charge in [0.1, 0.15) is 4.34 Å². The van der Waals surface area contributed by atoms with Gasteiger partial charge in [-0.15, -0.1) is 11.3 Å². The molecule has 1 amide bonds. The summed E-state index contributed by atoms with van der Waals surface area (Å²) in [6.45, 7) is 4.06. The lowest BCUT2D eigenvalue weighted by atomic mass is 10.2. The number of carbonyl (C=O) groups is 1. The van der Waals surface area contributed by atoms with Crippen molar-refractivity contribution in [2.75, 3.05) is 0 Å². The first-order valence-corrected chi connectivity index (χ1v) is 9.42. The number of halogens is 1. The summed E-state index contributed by atoms with van der Waals surface area (Å²) in [5.74, 6) is 0.859. The molecule has 1 aromatic carbocycles. The van der Waals surface area contributed by atoms with Crippen molar-refractivity contribution < 1.29 is 4.79 Å². The first-order chi connectivity index (χ1) is 10.6. The molecular weight excluding hydrogens is 336 g/mol. The lowest BCUT2D eigenvalue weighted by Crippen LogP contribution is -2.33. The van der Waals surface area contributed by atoms with Crippen LogP contribution in [0.1, 0.15) is 31.5 Å². The van der Waals surface area contributed by atoms with Crippen LogP contribution in [0.25, 0.3) is 0 Å². The lowest BCUT2D eigenvalue weighted by Gasteiger charge is -2.10. The van der Waals surface area contributed by atoms with Crippen LogP contribution in [-0.2, 0) is 17.0 Å². The molecule has 0 saturated carbocycles. The molecule has 0 spiro atoms. The molecule has 0 aliphatic heterocycles. The van der Waals surface area contributed by atoms with E-state index in [1.807, 2.05) is 36.6 Å². The van der Waals surface area contributed by atoms with Gasteiger partial charge in [-0.3, -0.25) is 4.79 Å². The summed E-state index contributed by atoms with van der Waals surface area (Å²) in [5.41, 5.74) is 2.00. The largest absolute Gasteiger partial charge is 0.353 e. The van der Waals surface area contributed by atoms with Gasteiger partial charge in [0.05, 0.1) is 12.1 Å². The molecule has 0 aliphatic rings. The molecule has 0 bridgehead atoms. The van der Waals surface area contributed by atoms with Crippen LogP contribution in [0.2, 0.25) is 5.02 Å². The van der Waals surface area contributed by atoms with Crippen LogP contribution >= 0.6 is 34.7 Å². The molecule has 1 heterocycles. The number of hydrogen-bond donors (Lipinski definition) is 1. The minimum atomic E-state index is 0.0334. The van der Waals surface area contributed by atoms with Crippen molar-refractivity contribution >= 4 is 40.6 Å². The number of nitrogens with zero attached hydrogens (tertiary/aromatic N) is 1. The Hall–Kier alpha value is -1.04. The van der Waals surface area contributed by atoms with Crippen LogP contribution in [0.5, 0.6) is 0 Å². The Kier molecular flexibility index (Phi) is 6.73. The smallest absolute Gasteiger partial charge is 0.226 e. The summed E-state index contributed by atoms with van der Waals surface area (Å²) in [5, 5.41) is 5.66. The van der Waals surface area contributed by atoms with E-state index < -0.39 is 0 Å². The number of amides is 1. The molecule has 3 nitrogen and oxygen atoms in total. The Morgan fingerprint density at radius 1 is 1.50 bits per heavy atom. The first kappa shape index (κ1) is 17.3. The summed E-state index contributed by atoms with van der Waals surface area (Å²) in [6, 6.07) is 8.04. The van der Waals surface area contributed by atoms with Gasteiger partial charge in [0.25, 0.3) is 0 Å². The molecule has 2 rings (SSSR count). The van der Waals surface area contributed by atoms with Crippen LogP contribution in [-0.4, -0.2) is 16.9 Å². The molecule has 1 unspecified atom stereocenters. The summed E-state index contributed by atoms with van der Waals surface area (Å²) in [4.78, 5) is 16.3. The van der Waals surface area contributed by atoms with Gasteiger partial charge in [-0.2, -0.15) is 0 Å². The van der Waals surface area contributed by atoms with Gasteiger partial charge in [-0.05, 0) is 31.0 Å². The van der Waals surface area contributed by atoms with E-state index in [-0.39, 0.29) is 11.9 Å². The number of aromatic nitrogens is 1. The number of carbonyl (C=O) groups excluding carboxylic acids is 1. The molecule has 6 heteroatoms. The third-order valence-electron chi connectivity index (χ3n) is 3.14. The second kappa shape index (κ2) is 8.56. The Labute approximate surface area is 144 Å².